The minimum Gasteiger partial charge on any atom is -0.497 e. The van der Waals surface area contributed by atoms with E-state index in [-0.39, 0.29) is 17.6 Å². The molecule has 7 nitrogen and oxygen atoms in total. The van der Waals surface area contributed by atoms with Crippen LogP contribution in [0.4, 0.5) is 0 Å². The van der Waals surface area contributed by atoms with E-state index in [0.29, 0.717) is 59.1 Å². The van der Waals surface area contributed by atoms with Gasteiger partial charge in [0.05, 0.1) is 7.11 Å². The summed E-state index contributed by atoms with van der Waals surface area (Å²) < 4.78 is 11.8. The summed E-state index contributed by atoms with van der Waals surface area (Å²) in [5.74, 6) is 7.53. The third-order valence-corrected chi connectivity index (χ3v) is 20.2. The largest absolute Gasteiger partial charge is 0.497 e. The quantitative estimate of drug-likeness (QED) is 0.216. The van der Waals surface area contributed by atoms with Gasteiger partial charge in [0.25, 0.3) is 0 Å². The number of ether oxygens (including phenoxy) is 2. The lowest BCUT2D eigenvalue weighted by Crippen LogP contribution is -2.67. The number of aliphatic carboxylic acids is 1. The molecule has 1 aromatic heterocycles. The Bertz CT molecular complexity index is 2070. The number of aromatic nitrogens is 1. The van der Waals surface area contributed by atoms with Crippen molar-refractivity contribution in [3.05, 3.63) is 65.9 Å². The highest BCUT2D eigenvalue weighted by Gasteiger charge is 2.69. The molecular weight excluding hydrogens is 775 g/mol. The van der Waals surface area contributed by atoms with E-state index in [1.807, 2.05) is 24.3 Å². The Hall–Kier alpha value is -2.81. The molecule has 61 heavy (non-hydrogen) atoms. The average Bonchev–Trinajstić information content (AvgIpc) is 3.64. The Labute approximate surface area is 371 Å². The molecule has 2 aromatic rings. The number of benzene rings is 1. The Morgan fingerprint density at radius 3 is 2.48 bits per heavy atom. The number of carboxylic acid groups (broad SMARTS) is 1. The summed E-state index contributed by atoms with van der Waals surface area (Å²) in [5.41, 5.74) is 4.22. The van der Waals surface area contributed by atoms with Gasteiger partial charge in [-0.25, -0.2) is 4.98 Å². The third kappa shape index (κ3) is 7.14. The number of methoxy groups -OCH3 is 1. The number of nitrogens with zero attached hydrogens (tertiary/aromatic N) is 2. The molecular formula is C53H75N3O4S. The van der Waals surface area contributed by atoms with Crippen LogP contribution in [0.1, 0.15) is 112 Å². The van der Waals surface area contributed by atoms with E-state index in [1.54, 1.807) is 13.3 Å². The predicted molar refractivity (Wildman–Crippen MR) is 250 cm³/mol. The maximum absolute atomic E-state index is 13.1. The SMILES string of the molecule is C=C(C)[C@@H]1CC[C@]2(NCCN3CCSCC3)CC[C@]3(C)[C@H](CC[C@@H]4[C@@H]5[C@@H](CC[C@]43C)C(C)(C)C(C3=CCC(COc4nccc6ccc(OC)cc46)(C(=O)O)CC3)=C[C@@H]5C)[C@@H]12. The van der Waals surface area contributed by atoms with Gasteiger partial charge in [-0.3, -0.25) is 4.79 Å². The highest BCUT2D eigenvalue weighted by molar-refractivity contribution is 7.99. The topological polar surface area (TPSA) is 83.9 Å². The van der Waals surface area contributed by atoms with Crippen LogP contribution in [0, 0.1) is 63.1 Å². The van der Waals surface area contributed by atoms with Crippen LogP contribution in [-0.4, -0.2) is 77.9 Å². The first-order valence-electron chi connectivity index (χ1n) is 24.1. The van der Waals surface area contributed by atoms with Gasteiger partial charge in [-0.2, -0.15) is 11.8 Å². The van der Waals surface area contributed by atoms with E-state index < -0.39 is 11.4 Å². The lowest BCUT2D eigenvalue weighted by Gasteiger charge is -2.70. The molecule has 1 aromatic carbocycles. The number of nitrogens with one attached hydrogen (secondary N) is 1. The molecule has 1 saturated heterocycles. The van der Waals surface area contributed by atoms with E-state index in [9.17, 15) is 9.90 Å². The number of carbonyl (C=O) groups is 1. The molecule has 0 radical (unpaired) electrons. The van der Waals surface area contributed by atoms with Crippen molar-refractivity contribution in [2.45, 2.75) is 118 Å². The van der Waals surface area contributed by atoms with Crippen LogP contribution in [-0.2, 0) is 4.79 Å². The van der Waals surface area contributed by atoms with Crippen molar-refractivity contribution >= 4 is 28.5 Å². The first-order valence-corrected chi connectivity index (χ1v) is 25.2. The molecule has 2 N–H and O–H groups in total. The number of fused-ring (bicyclic) bond motifs is 8. The second-order valence-corrected chi connectivity index (χ2v) is 23.3. The zero-order chi connectivity index (χ0) is 43.0. The van der Waals surface area contributed by atoms with E-state index in [1.165, 1.54) is 99.2 Å². The number of carboxylic acids is 1. The van der Waals surface area contributed by atoms with Gasteiger partial charge < -0.3 is 24.8 Å². The highest BCUT2D eigenvalue weighted by atomic mass is 32.2. The Kier molecular flexibility index (Phi) is 11.6. The Balaban J connectivity index is 0.935. The predicted octanol–water partition coefficient (Wildman–Crippen LogP) is 11.2. The normalized spacial score (nSPS) is 39.5. The van der Waals surface area contributed by atoms with Gasteiger partial charge in [0.15, 0.2) is 0 Å². The lowest BCUT2D eigenvalue weighted by atomic mass is 9.35. The van der Waals surface area contributed by atoms with Crippen molar-refractivity contribution in [1.82, 2.24) is 15.2 Å². The fourth-order valence-corrected chi connectivity index (χ4v) is 16.6. The fourth-order valence-electron chi connectivity index (χ4n) is 15.6. The summed E-state index contributed by atoms with van der Waals surface area (Å²) >= 11 is 2.11. The summed E-state index contributed by atoms with van der Waals surface area (Å²) in [5, 5.41) is 16.9. The molecule has 1 unspecified atom stereocenters. The summed E-state index contributed by atoms with van der Waals surface area (Å²) in [4.78, 5) is 20.3. The molecule has 4 saturated carbocycles. The molecule has 332 valence electrons. The number of hydrogen-bond donors (Lipinski definition) is 2. The zero-order valence-corrected chi connectivity index (χ0v) is 39.3. The molecule has 6 aliphatic carbocycles. The van der Waals surface area contributed by atoms with Crippen molar-refractivity contribution in [3.63, 3.8) is 0 Å². The summed E-state index contributed by atoms with van der Waals surface area (Å²) in [6.45, 7) is 25.0. The molecule has 2 heterocycles. The molecule has 8 heteroatoms. The summed E-state index contributed by atoms with van der Waals surface area (Å²) in [7, 11) is 1.65. The molecule has 11 atom stereocenters. The van der Waals surface area contributed by atoms with Gasteiger partial charge in [0, 0.05) is 54.8 Å². The van der Waals surface area contributed by atoms with Crippen molar-refractivity contribution in [2.75, 3.05) is 51.4 Å². The first-order chi connectivity index (χ1) is 29.2. The first kappa shape index (κ1) is 43.4. The number of thioether (sulfide) groups is 1. The van der Waals surface area contributed by atoms with Crippen LogP contribution in [0.3, 0.4) is 0 Å². The molecule has 5 fully saturated rings. The van der Waals surface area contributed by atoms with Gasteiger partial charge in [-0.15, -0.1) is 0 Å². The maximum Gasteiger partial charge on any atom is 0.313 e. The minimum atomic E-state index is -0.997. The van der Waals surface area contributed by atoms with Crippen LogP contribution in [0.5, 0.6) is 11.6 Å². The van der Waals surface area contributed by atoms with Gasteiger partial charge in [-0.05, 0) is 170 Å². The molecule has 0 spiro atoms. The van der Waals surface area contributed by atoms with Crippen molar-refractivity contribution in [2.24, 2.45) is 63.1 Å². The minimum absolute atomic E-state index is 0.0307. The number of hydrogen-bond acceptors (Lipinski definition) is 7. The Morgan fingerprint density at radius 1 is 0.984 bits per heavy atom. The van der Waals surface area contributed by atoms with Crippen molar-refractivity contribution in [1.29, 1.82) is 0 Å². The molecule has 7 aliphatic rings. The van der Waals surface area contributed by atoms with Gasteiger partial charge in [-0.1, -0.05) is 65.0 Å². The van der Waals surface area contributed by atoms with E-state index >= 15 is 0 Å². The van der Waals surface area contributed by atoms with E-state index in [0.717, 1.165) is 41.3 Å². The molecule has 0 bridgehead atoms. The average molecular weight is 850 g/mol. The maximum atomic E-state index is 13.1. The number of allylic oxidation sites excluding steroid dienone is 5. The van der Waals surface area contributed by atoms with Crippen LogP contribution in [0.25, 0.3) is 10.8 Å². The standard InChI is InChI=1S/C53H75N3O4S/c1-34(2)39-15-21-53(55-25-26-56-27-29-61-30-28-56)23-22-51(7)43(46(39)53)12-11-42-45-35(3)31-44(49(4,5)41(45)16-18-50(42,51)6)37-13-19-52(20-14-37,48(57)58)33-60-47-40-32-38(59-8)10-9-36(40)17-24-54-47/h9-10,13,17,24,31-32,35,39,41-43,45-46,55H,1,11-12,14-16,18-23,25-30,33H2,2-8H3,(H,57,58)/t35-,39-,41+,42+,43+,45-,46+,50+,51+,52?,53-/m0/s1. The van der Waals surface area contributed by atoms with Crippen LogP contribution in [0.2, 0.25) is 0 Å². The molecule has 1 aliphatic heterocycles. The summed E-state index contributed by atoms with van der Waals surface area (Å²) in [6, 6.07) is 7.76. The van der Waals surface area contributed by atoms with E-state index in [2.05, 4.69) is 87.2 Å². The monoisotopic (exact) mass is 850 g/mol. The Morgan fingerprint density at radius 2 is 1.75 bits per heavy atom. The molecule has 9 rings (SSSR count). The number of pyridine rings is 1. The molecule has 0 amide bonds. The third-order valence-electron chi connectivity index (χ3n) is 19.3. The van der Waals surface area contributed by atoms with Crippen molar-refractivity contribution < 1.29 is 19.4 Å². The highest BCUT2D eigenvalue weighted by Crippen LogP contribution is 2.74. The summed E-state index contributed by atoms with van der Waals surface area (Å²) in [6.07, 6.45) is 19.0. The van der Waals surface area contributed by atoms with Gasteiger partial charge in [0.2, 0.25) is 5.88 Å². The zero-order valence-electron chi connectivity index (χ0n) is 38.5. The van der Waals surface area contributed by atoms with Crippen molar-refractivity contribution in [3.8, 4) is 11.6 Å². The fraction of sp³-hybridized carbons (Fsp3) is 0.698. The van der Waals surface area contributed by atoms with Gasteiger partial charge >= 0.3 is 5.97 Å². The smallest absolute Gasteiger partial charge is 0.313 e. The van der Waals surface area contributed by atoms with Crippen LogP contribution < -0.4 is 14.8 Å². The van der Waals surface area contributed by atoms with Crippen LogP contribution in [0.15, 0.2) is 65.9 Å². The van der Waals surface area contributed by atoms with E-state index in [4.69, 9.17) is 9.47 Å². The number of rotatable bonds is 11. The van der Waals surface area contributed by atoms with Gasteiger partial charge in [0.1, 0.15) is 17.8 Å². The second kappa shape index (κ2) is 16.3. The second-order valence-electron chi connectivity index (χ2n) is 22.1. The lowest BCUT2D eigenvalue weighted by molar-refractivity contribution is -0.201. The van der Waals surface area contributed by atoms with Crippen LogP contribution >= 0.6 is 11.8 Å².